The van der Waals surface area contributed by atoms with Gasteiger partial charge >= 0.3 is 5.97 Å². The maximum absolute atomic E-state index is 13.7. The normalized spacial score (nSPS) is 13.4. The first kappa shape index (κ1) is 18.6. The number of hydrogen-bond donors (Lipinski definition) is 1. The van der Waals surface area contributed by atoms with E-state index in [0.29, 0.717) is 21.9 Å². The van der Waals surface area contributed by atoms with Crippen molar-refractivity contribution in [1.29, 1.82) is 0 Å². The number of anilines is 1. The second-order valence-corrected chi connectivity index (χ2v) is 7.82. The molecular formula is C20H20FN3O3S. The van der Waals surface area contributed by atoms with Crippen molar-refractivity contribution in [3.05, 3.63) is 51.5 Å². The standard InChI is InChI=1S/C20H20FN3O3S/c1-3-27-20(26)16-13-6-4-5-7-14(13)28-19(16)23-18(25)17-11(2)22-15-9-8-12(21)10-24(15)17/h8-10H,3-7H2,1-2H3,(H,23,25). The molecule has 28 heavy (non-hydrogen) atoms. The Labute approximate surface area is 165 Å². The van der Waals surface area contributed by atoms with Gasteiger partial charge in [0.1, 0.15) is 22.2 Å². The predicted octanol–water partition coefficient (Wildman–Crippen LogP) is 4.15. The van der Waals surface area contributed by atoms with Crippen LogP contribution in [0.2, 0.25) is 0 Å². The Bertz CT molecular complexity index is 1090. The third kappa shape index (κ3) is 3.17. The molecule has 0 saturated heterocycles. The molecule has 0 spiro atoms. The largest absolute Gasteiger partial charge is 0.462 e. The maximum atomic E-state index is 13.7. The highest BCUT2D eigenvalue weighted by molar-refractivity contribution is 7.17. The van der Waals surface area contributed by atoms with E-state index in [-0.39, 0.29) is 12.3 Å². The third-order valence-corrected chi connectivity index (χ3v) is 6.06. The summed E-state index contributed by atoms with van der Waals surface area (Å²) in [5, 5.41) is 3.34. The van der Waals surface area contributed by atoms with Crippen molar-refractivity contribution in [2.24, 2.45) is 0 Å². The Morgan fingerprint density at radius 1 is 1.32 bits per heavy atom. The molecule has 1 N–H and O–H groups in total. The molecule has 6 nitrogen and oxygen atoms in total. The SMILES string of the molecule is CCOC(=O)c1c(NC(=O)c2c(C)nc3ccc(F)cn23)sc2c1CCCC2. The van der Waals surface area contributed by atoms with E-state index in [1.165, 1.54) is 34.1 Å². The Balaban J connectivity index is 1.74. The Kier molecular flexibility index (Phi) is 4.89. The summed E-state index contributed by atoms with van der Waals surface area (Å²) in [7, 11) is 0. The quantitative estimate of drug-likeness (QED) is 0.667. The van der Waals surface area contributed by atoms with Gasteiger partial charge in [0.05, 0.1) is 17.9 Å². The van der Waals surface area contributed by atoms with Crippen LogP contribution >= 0.6 is 11.3 Å². The fourth-order valence-electron chi connectivity index (χ4n) is 3.65. The van der Waals surface area contributed by atoms with Gasteiger partial charge in [0, 0.05) is 11.1 Å². The Morgan fingerprint density at radius 3 is 2.89 bits per heavy atom. The predicted molar refractivity (Wildman–Crippen MR) is 105 cm³/mol. The number of carbonyl (C=O) groups excluding carboxylic acids is 2. The van der Waals surface area contributed by atoms with Crippen LogP contribution in [0.25, 0.3) is 5.65 Å². The second-order valence-electron chi connectivity index (χ2n) is 6.71. The number of ether oxygens (including phenoxy) is 1. The van der Waals surface area contributed by atoms with Crippen molar-refractivity contribution in [2.45, 2.75) is 39.5 Å². The molecule has 4 rings (SSSR count). The highest BCUT2D eigenvalue weighted by Gasteiger charge is 2.28. The van der Waals surface area contributed by atoms with E-state index in [2.05, 4.69) is 10.3 Å². The van der Waals surface area contributed by atoms with Crippen molar-refractivity contribution in [3.63, 3.8) is 0 Å². The number of pyridine rings is 1. The van der Waals surface area contributed by atoms with Gasteiger partial charge in [0.15, 0.2) is 0 Å². The zero-order valence-electron chi connectivity index (χ0n) is 15.7. The molecule has 1 amide bonds. The van der Waals surface area contributed by atoms with Crippen LogP contribution in [-0.2, 0) is 17.6 Å². The lowest BCUT2D eigenvalue weighted by Crippen LogP contribution is -2.18. The number of nitrogens with zero attached hydrogens (tertiary/aromatic N) is 2. The van der Waals surface area contributed by atoms with E-state index in [1.807, 2.05) is 0 Å². The van der Waals surface area contributed by atoms with Gasteiger partial charge in [-0.2, -0.15) is 0 Å². The summed E-state index contributed by atoms with van der Waals surface area (Å²) in [6.45, 7) is 3.72. The summed E-state index contributed by atoms with van der Waals surface area (Å²) >= 11 is 1.42. The van der Waals surface area contributed by atoms with Crippen LogP contribution in [0.1, 0.15) is 56.7 Å². The zero-order chi connectivity index (χ0) is 19.8. The van der Waals surface area contributed by atoms with Crippen LogP contribution in [0.5, 0.6) is 0 Å². The van der Waals surface area contributed by atoms with Crippen LogP contribution in [-0.4, -0.2) is 27.9 Å². The number of thiophene rings is 1. The molecule has 3 heterocycles. The molecule has 0 fully saturated rings. The minimum absolute atomic E-state index is 0.246. The highest BCUT2D eigenvalue weighted by atomic mass is 32.1. The van der Waals surface area contributed by atoms with Gasteiger partial charge in [0.2, 0.25) is 0 Å². The topological polar surface area (TPSA) is 72.7 Å². The minimum Gasteiger partial charge on any atom is -0.462 e. The number of amides is 1. The summed E-state index contributed by atoms with van der Waals surface area (Å²) in [6.07, 6.45) is 5.00. The molecule has 1 aliphatic rings. The van der Waals surface area contributed by atoms with Gasteiger partial charge in [-0.25, -0.2) is 14.2 Å². The van der Waals surface area contributed by atoms with E-state index in [4.69, 9.17) is 4.74 Å². The van der Waals surface area contributed by atoms with Crippen molar-refractivity contribution >= 4 is 33.9 Å². The monoisotopic (exact) mass is 401 g/mol. The number of fused-ring (bicyclic) bond motifs is 2. The minimum atomic E-state index is -0.460. The van der Waals surface area contributed by atoms with Crippen molar-refractivity contribution in [3.8, 4) is 0 Å². The zero-order valence-corrected chi connectivity index (χ0v) is 16.5. The van der Waals surface area contributed by atoms with E-state index < -0.39 is 17.7 Å². The van der Waals surface area contributed by atoms with E-state index >= 15 is 0 Å². The van der Waals surface area contributed by atoms with Gasteiger partial charge in [-0.15, -0.1) is 11.3 Å². The lowest BCUT2D eigenvalue weighted by molar-refractivity contribution is 0.0526. The fraction of sp³-hybridized carbons (Fsp3) is 0.350. The summed E-state index contributed by atoms with van der Waals surface area (Å²) in [6, 6.07) is 2.82. The molecule has 0 radical (unpaired) electrons. The lowest BCUT2D eigenvalue weighted by atomic mass is 9.95. The van der Waals surface area contributed by atoms with Crippen LogP contribution in [0.15, 0.2) is 18.3 Å². The number of nitrogens with one attached hydrogen (secondary N) is 1. The Hall–Kier alpha value is -2.74. The molecule has 3 aromatic heterocycles. The van der Waals surface area contributed by atoms with E-state index in [1.54, 1.807) is 13.8 Å². The molecule has 0 aromatic carbocycles. The molecule has 8 heteroatoms. The lowest BCUT2D eigenvalue weighted by Gasteiger charge is -2.12. The smallest absolute Gasteiger partial charge is 0.341 e. The number of esters is 1. The van der Waals surface area contributed by atoms with Crippen LogP contribution < -0.4 is 5.32 Å². The van der Waals surface area contributed by atoms with Gasteiger partial charge in [-0.3, -0.25) is 9.20 Å². The summed E-state index contributed by atoms with van der Waals surface area (Å²) in [4.78, 5) is 31.0. The molecule has 0 unspecified atom stereocenters. The van der Waals surface area contributed by atoms with Gasteiger partial charge in [-0.1, -0.05) is 0 Å². The van der Waals surface area contributed by atoms with Crippen LogP contribution in [0.3, 0.4) is 0 Å². The van der Waals surface area contributed by atoms with Gasteiger partial charge in [0.25, 0.3) is 5.91 Å². The van der Waals surface area contributed by atoms with E-state index in [9.17, 15) is 14.0 Å². The van der Waals surface area contributed by atoms with E-state index in [0.717, 1.165) is 36.1 Å². The number of aryl methyl sites for hydroxylation is 2. The maximum Gasteiger partial charge on any atom is 0.341 e. The fourth-order valence-corrected chi connectivity index (χ4v) is 4.92. The van der Waals surface area contributed by atoms with Crippen molar-refractivity contribution in [2.75, 3.05) is 11.9 Å². The molecule has 3 aromatic rings. The number of hydrogen-bond acceptors (Lipinski definition) is 5. The first-order valence-electron chi connectivity index (χ1n) is 9.26. The Morgan fingerprint density at radius 2 is 2.11 bits per heavy atom. The molecule has 0 aliphatic heterocycles. The molecular weight excluding hydrogens is 381 g/mol. The molecule has 0 atom stereocenters. The molecule has 0 saturated carbocycles. The first-order valence-corrected chi connectivity index (χ1v) is 10.1. The number of imidazole rings is 1. The number of aromatic nitrogens is 2. The first-order chi connectivity index (χ1) is 13.5. The van der Waals surface area contributed by atoms with Crippen molar-refractivity contribution in [1.82, 2.24) is 9.38 Å². The summed E-state index contributed by atoms with van der Waals surface area (Å²) in [5.41, 5.74) is 2.65. The highest BCUT2D eigenvalue weighted by Crippen LogP contribution is 2.39. The van der Waals surface area contributed by atoms with Gasteiger partial charge < -0.3 is 10.1 Å². The van der Waals surface area contributed by atoms with Crippen molar-refractivity contribution < 1.29 is 18.7 Å². The number of carbonyl (C=O) groups is 2. The molecule has 0 bridgehead atoms. The van der Waals surface area contributed by atoms with Crippen LogP contribution in [0, 0.1) is 12.7 Å². The summed E-state index contributed by atoms with van der Waals surface area (Å²) in [5.74, 6) is -1.31. The summed E-state index contributed by atoms with van der Waals surface area (Å²) < 4.78 is 20.3. The van der Waals surface area contributed by atoms with Crippen LogP contribution in [0.4, 0.5) is 9.39 Å². The average molecular weight is 401 g/mol. The number of halogens is 1. The molecule has 146 valence electrons. The molecule has 1 aliphatic carbocycles. The third-order valence-electron chi connectivity index (χ3n) is 4.85. The average Bonchev–Trinajstić information content (AvgIpc) is 3.17. The van der Waals surface area contributed by atoms with Gasteiger partial charge in [-0.05, 0) is 57.2 Å². The number of rotatable bonds is 4. The second kappa shape index (κ2) is 7.35.